The second kappa shape index (κ2) is 12.2. The lowest BCUT2D eigenvalue weighted by Gasteiger charge is -2.25. The van der Waals surface area contributed by atoms with Gasteiger partial charge in [-0.15, -0.1) is 0 Å². The van der Waals surface area contributed by atoms with Crippen LogP contribution in [0.25, 0.3) is 0 Å². The molecule has 0 aromatic heterocycles. The zero-order chi connectivity index (χ0) is 24.7. The number of ether oxygens (including phenoxy) is 2. The molecule has 194 valence electrons. The molecule has 2 aliphatic heterocycles. The maximum absolute atomic E-state index is 13.2. The van der Waals surface area contributed by atoms with E-state index in [9.17, 15) is 4.79 Å². The number of fused-ring (bicyclic) bond motifs is 5. The first-order valence-electron chi connectivity index (χ1n) is 13.5. The van der Waals surface area contributed by atoms with Gasteiger partial charge in [0, 0.05) is 32.3 Å². The minimum absolute atomic E-state index is 0.0216. The van der Waals surface area contributed by atoms with Crippen molar-refractivity contribution in [1.82, 2.24) is 15.1 Å². The van der Waals surface area contributed by atoms with Crippen LogP contribution >= 0.6 is 0 Å². The van der Waals surface area contributed by atoms with Crippen LogP contribution in [-0.2, 0) is 22.7 Å². The fourth-order valence-electron chi connectivity index (χ4n) is 5.31. The second-order valence-electron chi connectivity index (χ2n) is 10.5. The molecule has 0 radical (unpaired) electrons. The van der Waals surface area contributed by atoms with Crippen molar-refractivity contribution in [3.8, 4) is 11.5 Å². The summed E-state index contributed by atoms with van der Waals surface area (Å²) in [5.74, 6) is 1.69. The van der Waals surface area contributed by atoms with Crippen LogP contribution in [0.1, 0.15) is 49.7 Å². The van der Waals surface area contributed by atoms with Gasteiger partial charge in [0.15, 0.2) is 0 Å². The largest absolute Gasteiger partial charge is 0.457 e. The van der Waals surface area contributed by atoms with Crippen molar-refractivity contribution < 1.29 is 19.4 Å². The Labute approximate surface area is 214 Å². The molecule has 2 aromatic carbocycles. The molecule has 1 aliphatic carbocycles. The number of benzene rings is 2. The first-order chi connectivity index (χ1) is 17.7. The summed E-state index contributed by atoms with van der Waals surface area (Å²) in [6.45, 7) is 4.50. The monoisotopic (exact) mass is 493 g/mol. The third kappa shape index (κ3) is 7.07. The van der Waals surface area contributed by atoms with Crippen LogP contribution in [-0.4, -0.2) is 71.8 Å². The molecule has 2 heterocycles. The van der Waals surface area contributed by atoms with Gasteiger partial charge in [0.1, 0.15) is 11.5 Å². The van der Waals surface area contributed by atoms with E-state index >= 15 is 0 Å². The van der Waals surface area contributed by atoms with E-state index in [4.69, 9.17) is 14.6 Å². The fourth-order valence-corrected chi connectivity index (χ4v) is 5.31. The van der Waals surface area contributed by atoms with Crippen molar-refractivity contribution in [3.63, 3.8) is 0 Å². The van der Waals surface area contributed by atoms with Crippen LogP contribution in [0.15, 0.2) is 48.5 Å². The molecule has 4 bridgehead atoms. The number of carbonyl (C=O) groups excluding carboxylic acids is 1. The second-order valence-corrected chi connectivity index (χ2v) is 10.5. The topological polar surface area (TPSA) is 74.3 Å². The Kier molecular flexibility index (Phi) is 8.54. The zero-order valence-electron chi connectivity index (χ0n) is 21.1. The summed E-state index contributed by atoms with van der Waals surface area (Å²) in [6, 6.07) is 16.7. The molecule has 0 unspecified atom stereocenters. The molecule has 1 amide bonds. The highest BCUT2D eigenvalue weighted by Crippen LogP contribution is 2.30. The Bertz CT molecular complexity index is 1010. The SMILES string of the molecule is O=C1CN(C2CC2)Cc2cccc(c2)Oc2cccc(c2)CO[C@H]2CN(CCCCCCO)C[C@@H]2N1. The molecule has 2 aromatic rings. The van der Waals surface area contributed by atoms with E-state index in [1.165, 1.54) is 0 Å². The Hall–Kier alpha value is -2.45. The van der Waals surface area contributed by atoms with Gasteiger partial charge in [0.2, 0.25) is 5.91 Å². The molecular formula is C29H39N3O4. The maximum Gasteiger partial charge on any atom is 0.234 e. The number of hydrogen-bond acceptors (Lipinski definition) is 6. The van der Waals surface area contributed by atoms with Gasteiger partial charge in [0.05, 0.1) is 25.3 Å². The van der Waals surface area contributed by atoms with Crippen LogP contribution in [0.2, 0.25) is 0 Å². The molecule has 0 spiro atoms. The molecule has 3 aliphatic rings. The van der Waals surface area contributed by atoms with E-state index in [1.807, 2.05) is 30.3 Å². The lowest BCUT2D eigenvalue weighted by atomic mass is 10.1. The number of rotatable bonds is 7. The minimum atomic E-state index is -0.0500. The standard InChI is InChI=1S/C29H39N3O4/c33-14-4-2-1-3-13-31-18-27-28(19-31)35-21-23-8-6-10-26(16-23)36-25-9-5-7-22(15-25)17-32(24-11-12-24)20-29(34)30-27/h5-10,15-16,24,27-28,33H,1-4,11-14,17-21H2,(H,30,34)/t27-,28-/m0/s1. The Morgan fingerprint density at radius 2 is 1.67 bits per heavy atom. The van der Waals surface area contributed by atoms with Crippen molar-refractivity contribution in [2.24, 2.45) is 0 Å². The average molecular weight is 494 g/mol. The van der Waals surface area contributed by atoms with E-state index in [-0.39, 0.29) is 24.7 Å². The number of aliphatic hydroxyl groups is 1. The summed E-state index contributed by atoms with van der Waals surface area (Å²) in [5, 5.41) is 12.3. The lowest BCUT2D eigenvalue weighted by molar-refractivity contribution is -0.124. The van der Waals surface area contributed by atoms with Gasteiger partial charge in [-0.3, -0.25) is 14.6 Å². The van der Waals surface area contributed by atoms with E-state index < -0.39 is 0 Å². The average Bonchev–Trinajstić information content (AvgIpc) is 3.65. The van der Waals surface area contributed by atoms with Gasteiger partial charge in [0.25, 0.3) is 0 Å². The number of aliphatic hydroxyl groups excluding tert-OH is 1. The van der Waals surface area contributed by atoms with Crippen molar-refractivity contribution in [2.75, 3.05) is 32.8 Å². The zero-order valence-corrected chi connectivity index (χ0v) is 21.1. The van der Waals surface area contributed by atoms with Gasteiger partial charge in [-0.05, 0) is 67.6 Å². The van der Waals surface area contributed by atoms with Crippen LogP contribution in [0.3, 0.4) is 0 Å². The third-order valence-electron chi connectivity index (χ3n) is 7.36. The highest BCUT2D eigenvalue weighted by molar-refractivity contribution is 5.78. The number of nitrogens with zero attached hydrogens (tertiary/aromatic N) is 2. The summed E-state index contributed by atoms with van der Waals surface area (Å²) in [5.41, 5.74) is 2.22. The summed E-state index contributed by atoms with van der Waals surface area (Å²) in [4.78, 5) is 17.9. The van der Waals surface area contributed by atoms with Gasteiger partial charge < -0.3 is 19.9 Å². The van der Waals surface area contributed by atoms with E-state index in [2.05, 4.69) is 33.3 Å². The Balaban J connectivity index is 1.31. The quantitative estimate of drug-likeness (QED) is 0.573. The first-order valence-corrected chi connectivity index (χ1v) is 13.5. The van der Waals surface area contributed by atoms with E-state index in [1.54, 1.807) is 0 Å². The number of carbonyl (C=O) groups is 1. The molecule has 1 saturated heterocycles. The van der Waals surface area contributed by atoms with Crippen molar-refractivity contribution in [2.45, 2.75) is 69.9 Å². The number of unbranched alkanes of at least 4 members (excludes halogenated alkanes) is 3. The van der Waals surface area contributed by atoms with Gasteiger partial charge in [-0.2, -0.15) is 0 Å². The van der Waals surface area contributed by atoms with E-state index in [0.29, 0.717) is 19.2 Å². The minimum Gasteiger partial charge on any atom is -0.457 e. The number of nitrogens with one attached hydrogen (secondary N) is 1. The smallest absolute Gasteiger partial charge is 0.234 e. The molecule has 7 heteroatoms. The molecule has 2 atom stereocenters. The normalized spacial score (nSPS) is 23.6. The summed E-state index contributed by atoms with van der Waals surface area (Å²) < 4.78 is 12.6. The van der Waals surface area contributed by atoms with Gasteiger partial charge in [-0.25, -0.2) is 0 Å². The Morgan fingerprint density at radius 1 is 0.917 bits per heavy atom. The Morgan fingerprint density at radius 3 is 2.44 bits per heavy atom. The highest BCUT2D eigenvalue weighted by atomic mass is 16.5. The molecule has 2 N–H and O–H groups in total. The highest BCUT2D eigenvalue weighted by Gasteiger charge is 2.36. The van der Waals surface area contributed by atoms with E-state index in [0.717, 1.165) is 87.3 Å². The molecule has 7 nitrogen and oxygen atoms in total. The third-order valence-corrected chi connectivity index (χ3v) is 7.36. The summed E-state index contributed by atoms with van der Waals surface area (Å²) in [7, 11) is 0. The van der Waals surface area contributed by atoms with Gasteiger partial charge >= 0.3 is 0 Å². The molecule has 2 fully saturated rings. The summed E-state index contributed by atoms with van der Waals surface area (Å²) in [6.07, 6.45) is 6.39. The number of hydrogen-bond donors (Lipinski definition) is 2. The maximum atomic E-state index is 13.2. The molecule has 36 heavy (non-hydrogen) atoms. The molecule has 1 saturated carbocycles. The van der Waals surface area contributed by atoms with Crippen LogP contribution in [0, 0.1) is 0 Å². The van der Waals surface area contributed by atoms with Crippen molar-refractivity contribution in [1.29, 1.82) is 0 Å². The van der Waals surface area contributed by atoms with Crippen LogP contribution in [0.4, 0.5) is 0 Å². The van der Waals surface area contributed by atoms with Crippen molar-refractivity contribution >= 4 is 5.91 Å². The predicted molar refractivity (Wildman–Crippen MR) is 139 cm³/mol. The lowest BCUT2D eigenvalue weighted by Crippen LogP contribution is -2.48. The summed E-state index contributed by atoms with van der Waals surface area (Å²) >= 11 is 0. The number of amides is 1. The van der Waals surface area contributed by atoms with Crippen LogP contribution < -0.4 is 10.1 Å². The van der Waals surface area contributed by atoms with Crippen molar-refractivity contribution in [3.05, 3.63) is 59.7 Å². The predicted octanol–water partition coefficient (Wildman–Crippen LogP) is 3.70. The van der Waals surface area contributed by atoms with Crippen LogP contribution in [0.5, 0.6) is 11.5 Å². The number of likely N-dealkylation sites (tertiary alicyclic amines) is 1. The molecular weight excluding hydrogens is 454 g/mol. The first kappa shape index (κ1) is 25.2. The fraction of sp³-hybridized carbons (Fsp3) is 0.552. The molecule has 5 rings (SSSR count). The van der Waals surface area contributed by atoms with Gasteiger partial charge in [-0.1, -0.05) is 37.1 Å².